The molecule has 0 saturated carbocycles. The second-order valence-corrected chi connectivity index (χ2v) is 10.2. The molecule has 0 saturated heterocycles. The minimum atomic E-state index is -0.750. The standard InChI is InChI=1S/C29H19ClF2N6O2/c30-18-3-1-15-14-7-8-34-11-13(14)9-22(39)26-17(25(15)27(18)31)10-24(40)38-20(26)4-5-21(38)29-35-12-19(36-29)16-2-6-23(33)37-28(16)32/h1-3,6-8,10-12,21H,4-5,9H2,(H2,33,37)(H,35,36)/t21-/m0/s1. The predicted molar refractivity (Wildman–Crippen MR) is 145 cm³/mol. The van der Waals surface area contributed by atoms with Crippen LogP contribution in [0.25, 0.3) is 33.5 Å². The van der Waals surface area contributed by atoms with E-state index in [4.69, 9.17) is 17.3 Å². The summed E-state index contributed by atoms with van der Waals surface area (Å²) in [5.41, 5.74) is 8.64. The Balaban J connectivity index is 1.42. The number of carbonyl (C=O) groups excluding carboxylic acids is 1. The Morgan fingerprint density at radius 2 is 1.82 bits per heavy atom. The molecule has 0 spiro atoms. The molecular weight excluding hydrogens is 538 g/mol. The van der Waals surface area contributed by atoms with Crippen molar-refractivity contribution in [2.45, 2.75) is 25.3 Å². The number of anilines is 1. The number of carbonyl (C=O) groups is 1. The molecule has 3 N–H and O–H groups in total. The van der Waals surface area contributed by atoms with Crippen molar-refractivity contribution in [1.29, 1.82) is 0 Å². The molecule has 7 rings (SSSR count). The number of ketones is 1. The van der Waals surface area contributed by atoms with Gasteiger partial charge in [0.05, 0.1) is 28.5 Å². The number of fused-ring (bicyclic) bond motifs is 7. The molecule has 0 amide bonds. The van der Waals surface area contributed by atoms with Crippen molar-refractivity contribution in [3.63, 3.8) is 0 Å². The lowest BCUT2D eigenvalue weighted by Gasteiger charge is -2.23. The summed E-state index contributed by atoms with van der Waals surface area (Å²) in [6, 6.07) is 8.62. The monoisotopic (exact) mass is 556 g/mol. The van der Waals surface area contributed by atoms with Crippen molar-refractivity contribution in [2.75, 3.05) is 5.73 Å². The lowest BCUT2D eigenvalue weighted by atomic mass is 9.83. The number of H-pyrrole nitrogens is 1. The molecule has 0 fully saturated rings. The maximum absolute atomic E-state index is 15.7. The Kier molecular flexibility index (Phi) is 5.43. The number of nitrogens with zero attached hydrogens (tertiary/aromatic N) is 4. The second-order valence-electron chi connectivity index (χ2n) is 9.82. The number of aromatic amines is 1. The highest BCUT2D eigenvalue weighted by molar-refractivity contribution is 6.31. The van der Waals surface area contributed by atoms with E-state index in [1.807, 2.05) is 0 Å². The molecule has 2 aliphatic rings. The number of pyridine rings is 3. The first kappa shape index (κ1) is 24.3. The molecule has 0 unspecified atom stereocenters. The fraction of sp³-hybridized carbons (Fsp3) is 0.138. The van der Waals surface area contributed by atoms with E-state index in [0.29, 0.717) is 46.7 Å². The normalized spacial score (nSPS) is 15.6. The molecule has 5 heterocycles. The van der Waals surface area contributed by atoms with Crippen molar-refractivity contribution in [3.05, 3.63) is 105 Å². The summed E-state index contributed by atoms with van der Waals surface area (Å²) in [5, 5.41) is -0.112. The summed E-state index contributed by atoms with van der Waals surface area (Å²) in [7, 11) is 0. The van der Waals surface area contributed by atoms with E-state index in [2.05, 4.69) is 19.9 Å². The number of benzene rings is 1. The van der Waals surface area contributed by atoms with Crippen LogP contribution in [0.4, 0.5) is 14.6 Å². The zero-order chi connectivity index (χ0) is 27.7. The number of rotatable bonds is 2. The SMILES string of the molecule is Nc1ccc(-c2cnc([C@@H]3CCc4c5c(cc(=O)n43)-c3c(ccc(Cl)c3F)-c3ccncc3CC5=O)[nH]2)c(F)n1. The number of halogens is 3. The number of nitrogens with one attached hydrogen (secondary N) is 1. The Hall–Kier alpha value is -4.70. The van der Waals surface area contributed by atoms with E-state index < -0.39 is 23.4 Å². The van der Waals surface area contributed by atoms with E-state index in [9.17, 15) is 14.0 Å². The van der Waals surface area contributed by atoms with Crippen molar-refractivity contribution in [2.24, 2.45) is 0 Å². The van der Waals surface area contributed by atoms with Gasteiger partial charge in [-0.2, -0.15) is 4.39 Å². The summed E-state index contributed by atoms with van der Waals surface area (Å²) < 4.78 is 31.7. The van der Waals surface area contributed by atoms with Gasteiger partial charge in [0.25, 0.3) is 5.56 Å². The van der Waals surface area contributed by atoms with E-state index >= 15 is 4.39 Å². The molecule has 5 aromatic rings. The van der Waals surface area contributed by atoms with Crippen molar-refractivity contribution >= 4 is 23.2 Å². The number of imidazole rings is 1. The Labute approximate surface area is 230 Å². The summed E-state index contributed by atoms with van der Waals surface area (Å²) >= 11 is 6.20. The molecule has 1 atom stereocenters. The molecule has 4 aromatic heterocycles. The fourth-order valence-corrected chi connectivity index (χ4v) is 6.01. The maximum Gasteiger partial charge on any atom is 0.252 e. The topological polar surface area (TPSA) is 120 Å². The van der Waals surface area contributed by atoms with Gasteiger partial charge in [-0.15, -0.1) is 0 Å². The van der Waals surface area contributed by atoms with E-state index in [1.54, 1.807) is 24.5 Å². The Morgan fingerprint density at radius 3 is 2.65 bits per heavy atom. The third-order valence-electron chi connectivity index (χ3n) is 7.58. The maximum atomic E-state index is 15.7. The number of hydrogen-bond acceptors (Lipinski definition) is 6. The number of Topliss-reactive ketones (excluding diaryl/α,β-unsaturated/α-hetero) is 1. The number of nitrogens with two attached hydrogens (primary N) is 1. The molecule has 1 aliphatic carbocycles. The summed E-state index contributed by atoms with van der Waals surface area (Å²) in [5.74, 6) is -1.23. The molecule has 40 heavy (non-hydrogen) atoms. The lowest BCUT2D eigenvalue weighted by molar-refractivity contribution is 0.0992. The van der Waals surface area contributed by atoms with E-state index in [-0.39, 0.29) is 45.3 Å². The largest absolute Gasteiger partial charge is 0.384 e. The quantitative estimate of drug-likeness (QED) is 0.290. The fourth-order valence-electron chi connectivity index (χ4n) is 5.85. The van der Waals surface area contributed by atoms with Crippen LogP contribution in [0.1, 0.15) is 39.9 Å². The van der Waals surface area contributed by atoms with Crippen molar-refractivity contribution < 1.29 is 13.6 Å². The molecule has 198 valence electrons. The Morgan fingerprint density at radius 1 is 1.00 bits per heavy atom. The van der Waals surface area contributed by atoms with Crippen LogP contribution in [0.5, 0.6) is 0 Å². The third kappa shape index (κ3) is 3.60. The first-order valence-corrected chi connectivity index (χ1v) is 12.9. The van der Waals surface area contributed by atoms with Gasteiger partial charge in [-0.3, -0.25) is 14.6 Å². The molecule has 11 heteroatoms. The van der Waals surface area contributed by atoms with Gasteiger partial charge in [0.1, 0.15) is 17.5 Å². The average Bonchev–Trinajstić information content (AvgIpc) is 3.58. The van der Waals surface area contributed by atoms with Crippen LogP contribution in [0.2, 0.25) is 5.02 Å². The van der Waals surface area contributed by atoms with Gasteiger partial charge in [0, 0.05) is 47.3 Å². The smallest absolute Gasteiger partial charge is 0.252 e. The van der Waals surface area contributed by atoms with Gasteiger partial charge >= 0.3 is 0 Å². The first-order valence-electron chi connectivity index (χ1n) is 12.5. The van der Waals surface area contributed by atoms with Crippen LogP contribution < -0.4 is 11.3 Å². The molecule has 1 aromatic carbocycles. The molecular formula is C29H19ClF2N6O2. The zero-order valence-electron chi connectivity index (χ0n) is 20.7. The van der Waals surface area contributed by atoms with Gasteiger partial charge in [0.15, 0.2) is 5.78 Å². The highest BCUT2D eigenvalue weighted by atomic mass is 35.5. The number of nitrogen functional groups attached to an aromatic ring is 1. The zero-order valence-corrected chi connectivity index (χ0v) is 21.5. The van der Waals surface area contributed by atoms with Crippen molar-refractivity contribution in [1.82, 2.24) is 24.5 Å². The van der Waals surface area contributed by atoms with Crippen LogP contribution in [0.15, 0.2) is 59.8 Å². The van der Waals surface area contributed by atoms with Crippen LogP contribution in [0.3, 0.4) is 0 Å². The minimum Gasteiger partial charge on any atom is -0.384 e. The lowest BCUT2D eigenvalue weighted by Crippen LogP contribution is -2.27. The summed E-state index contributed by atoms with van der Waals surface area (Å²) in [6.07, 6.45) is 5.50. The average molecular weight is 557 g/mol. The highest BCUT2D eigenvalue weighted by Crippen LogP contribution is 2.44. The molecule has 1 aliphatic heterocycles. The molecule has 0 radical (unpaired) electrons. The Bertz CT molecular complexity index is 1950. The summed E-state index contributed by atoms with van der Waals surface area (Å²) in [4.78, 5) is 42.8. The van der Waals surface area contributed by atoms with Crippen LogP contribution in [-0.2, 0) is 12.8 Å². The van der Waals surface area contributed by atoms with Gasteiger partial charge in [-0.05, 0) is 53.8 Å². The first-order chi connectivity index (χ1) is 19.3. The predicted octanol–water partition coefficient (Wildman–Crippen LogP) is 5.15. The minimum absolute atomic E-state index is 0.0318. The van der Waals surface area contributed by atoms with Gasteiger partial charge in [0.2, 0.25) is 5.95 Å². The number of aromatic nitrogens is 5. The van der Waals surface area contributed by atoms with Crippen LogP contribution in [-0.4, -0.2) is 30.3 Å². The highest BCUT2D eigenvalue weighted by Gasteiger charge is 2.35. The summed E-state index contributed by atoms with van der Waals surface area (Å²) in [6.45, 7) is 0. The molecule has 8 nitrogen and oxygen atoms in total. The van der Waals surface area contributed by atoms with Gasteiger partial charge < -0.3 is 15.3 Å². The van der Waals surface area contributed by atoms with Crippen LogP contribution in [0, 0.1) is 11.8 Å². The van der Waals surface area contributed by atoms with Gasteiger partial charge in [-0.1, -0.05) is 17.7 Å². The number of hydrogen-bond donors (Lipinski definition) is 2. The van der Waals surface area contributed by atoms with E-state index in [1.165, 1.54) is 35.0 Å². The molecule has 0 bridgehead atoms. The van der Waals surface area contributed by atoms with Crippen molar-refractivity contribution in [3.8, 4) is 33.5 Å². The third-order valence-corrected chi connectivity index (χ3v) is 7.87. The van der Waals surface area contributed by atoms with E-state index in [0.717, 1.165) is 0 Å². The second kappa shape index (κ2) is 8.92. The van der Waals surface area contributed by atoms with Gasteiger partial charge in [-0.25, -0.2) is 14.4 Å². The van der Waals surface area contributed by atoms with Crippen LogP contribution >= 0.6 is 11.6 Å².